The van der Waals surface area contributed by atoms with E-state index in [1.54, 1.807) is 11.8 Å². The predicted octanol–water partition coefficient (Wildman–Crippen LogP) is 3.99. The molecule has 122 valence electrons. The van der Waals surface area contributed by atoms with Crippen molar-refractivity contribution < 1.29 is 14.2 Å². The van der Waals surface area contributed by atoms with Crippen molar-refractivity contribution in [2.75, 3.05) is 31.3 Å². The van der Waals surface area contributed by atoms with E-state index < -0.39 is 0 Å². The minimum atomic E-state index is -0.297. The van der Waals surface area contributed by atoms with Gasteiger partial charge in [-0.2, -0.15) is 0 Å². The number of halogens is 1. The van der Waals surface area contributed by atoms with Crippen molar-refractivity contribution >= 4 is 17.6 Å². The van der Waals surface area contributed by atoms with E-state index in [2.05, 4.69) is 10.3 Å². The van der Waals surface area contributed by atoms with Gasteiger partial charge in [0.15, 0.2) is 0 Å². The maximum Gasteiger partial charge on any atom is 0.129 e. The summed E-state index contributed by atoms with van der Waals surface area (Å²) in [7, 11) is 0. The van der Waals surface area contributed by atoms with E-state index in [9.17, 15) is 4.39 Å². The van der Waals surface area contributed by atoms with Crippen molar-refractivity contribution in [2.45, 2.75) is 11.3 Å². The second kappa shape index (κ2) is 7.77. The molecular formula is C17H19FN2O2S. The third-order valence-corrected chi connectivity index (χ3v) is 4.49. The van der Waals surface area contributed by atoms with E-state index in [1.165, 1.54) is 17.0 Å². The summed E-state index contributed by atoms with van der Waals surface area (Å²) >= 11 is 1.67. The van der Waals surface area contributed by atoms with E-state index in [1.807, 2.05) is 30.5 Å². The third kappa shape index (κ3) is 4.43. The molecule has 6 heteroatoms. The van der Waals surface area contributed by atoms with Gasteiger partial charge in [0.25, 0.3) is 0 Å². The van der Waals surface area contributed by atoms with Gasteiger partial charge in [0.2, 0.25) is 0 Å². The molecule has 0 spiro atoms. The summed E-state index contributed by atoms with van der Waals surface area (Å²) in [4.78, 5) is 15.5. The zero-order chi connectivity index (χ0) is 16.1. The van der Waals surface area contributed by atoms with Crippen molar-refractivity contribution in [3.05, 3.63) is 42.2 Å². The highest BCUT2D eigenvalue weighted by molar-refractivity contribution is 7.98. The van der Waals surface area contributed by atoms with E-state index >= 15 is 0 Å². The summed E-state index contributed by atoms with van der Waals surface area (Å²) in [6.45, 7) is 1.83. The number of benzene rings is 1. The third-order valence-electron chi connectivity index (χ3n) is 3.74. The van der Waals surface area contributed by atoms with Gasteiger partial charge in [-0.05, 0) is 24.8 Å². The molecule has 3 rings (SSSR count). The number of nitrogens with zero attached hydrogens (tertiary/aromatic N) is 1. The van der Waals surface area contributed by atoms with Gasteiger partial charge in [0.05, 0.1) is 18.9 Å². The quantitative estimate of drug-likeness (QED) is 0.661. The molecule has 0 saturated carbocycles. The monoisotopic (exact) mass is 334 g/mol. The highest BCUT2D eigenvalue weighted by atomic mass is 32.2. The predicted molar refractivity (Wildman–Crippen MR) is 89.9 cm³/mol. The van der Waals surface area contributed by atoms with E-state index in [0.717, 1.165) is 12.0 Å². The number of thioether (sulfide) groups is 1. The first-order chi connectivity index (χ1) is 11.2. The summed E-state index contributed by atoms with van der Waals surface area (Å²) in [6, 6.07) is 10.8. The lowest BCUT2D eigenvalue weighted by Gasteiger charge is -2.21. The highest BCUT2D eigenvalue weighted by Crippen LogP contribution is 2.24. The highest BCUT2D eigenvalue weighted by Gasteiger charge is 2.15. The summed E-state index contributed by atoms with van der Waals surface area (Å²) < 4.78 is 13.9. The number of rotatable bonds is 5. The smallest absolute Gasteiger partial charge is 0.129 e. The lowest BCUT2D eigenvalue weighted by Crippen LogP contribution is -2.26. The first kappa shape index (κ1) is 16.2. The number of anilines is 1. The van der Waals surface area contributed by atoms with Gasteiger partial charge in [-0.1, -0.05) is 12.1 Å². The molecular weight excluding hydrogens is 315 g/mol. The van der Waals surface area contributed by atoms with Crippen LogP contribution in [0, 0.1) is 11.7 Å². The van der Waals surface area contributed by atoms with Crippen LogP contribution in [0.4, 0.5) is 10.2 Å². The second-order valence-corrected chi connectivity index (χ2v) is 6.31. The molecule has 1 N–H and O–H groups in total. The van der Waals surface area contributed by atoms with Crippen LogP contribution in [-0.2, 0) is 9.78 Å². The summed E-state index contributed by atoms with van der Waals surface area (Å²) in [6.07, 6.45) is 2.95. The molecule has 2 aromatic rings. The van der Waals surface area contributed by atoms with Crippen LogP contribution in [0.1, 0.15) is 6.42 Å². The minimum Gasteiger partial charge on any atom is -0.370 e. The van der Waals surface area contributed by atoms with Crippen LogP contribution < -0.4 is 5.32 Å². The van der Waals surface area contributed by atoms with E-state index in [4.69, 9.17) is 9.78 Å². The molecule has 4 nitrogen and oxygen atoms in total. The molecule has 1 atom stereocenters. The second-order valence-electron chi connectivity index (χ2n) is 5.43. The van der Waals surface area contributed by atoms with Crippen molar-refractivity contribution in [1.29, 1.82) is 0 Å². The summed E-state index contributed by atoms with van der Waals surface area (Å²) in [5.74, 6) is 0.591. The largest absolute Gasteiger partial charge is 0.370 e. The Morgan fingerprint density at radius 3 is 2.78 bits per heavy atom. The molecule has 0 bridgehead atoms. The fourth-order valence-electron chi connectivity index (χ4n) is 2.41. The van der Waals surface area contributed by atoms with Gasteiger partial charge in [0, 0.05) is 35.1 Å². The van der Waals surface area contributed by atoms with Gasteiger partial charge in [0.1, 0.15) is 11.6 Å². The Morgan fingerprint density at radius 1 is 1.26 bits per heavy atom. The van der Waals surface area contributed by atoms with Crippen molar-refractivity contribution in [1.82, 2.24) is 4.98 Å². The van der Waals surface area contributed by atoms with Crippen LogP contribution in [0.25, 0.3) is 11.3 Å². The topological polar surface area (TPSA) is 43.4 Å². The maximum absolute atomic E-state index is 13.9. The van der Waals surface area contributed by atoms with Gasteiger partial charge in [-0.3, -0.25) is 0 Å². The fraction of sp³-hybridized carbons (Fsp3) is 0.353. The molecule has 2 heterocycles. The number of nitrogens with one attached hydrogen (secondary N) is 1. The Kier molecular flexibility index (Phi) is 5.48. The number of pyridine rings is 1. The average molecular weight is 334 g/mol. The van der Waals surface area contributed by atoms with Crippen molar-refractivity contribution in [2.24, 2.45) is 5.92 Å². The molecule has 1 unspecified atom stereocenters. The number of aromatic nitrogens is 1. The van der Waals surface area contributed by atoms with Crippen LogP contribution in [-0.4, -0.2) is 31.0 Å². The molecule has 1 saturated heterocycles. The SMILES string of the molecule is CSc1ccc(-c2cc(F)cc(NCC3CCOOC3)n2)cc1. The van der Waals surface area contributed by atoms with Gasteiger partial charge < -0.3 is 5.32 Å². The molecule has 1 aromatic carbocycles. The van der Waals surface area contributed by atoms with Gasteiger partial charge >= 0.3 is 0 Å². The Labute approximate surface area is 139 Å². The Hall–Kier alpha value is -1.63. The van der Waals surface area contributed by atoms with Crippen LogP contribution >= 0.6 is 11.8 Å². The lowest BCUT2D eigenvalue weighted by atomic mass is 10.1. The Balaban J connectivity index is 1.72. The fourth-order valence-corrected chi connectivity index (χ4v) is 2.82. The maximum atomic E-state index is 13.9. The number of hydrogen-bond acceptors (Lipinski definition) is 5. The van der Waals surface area contributed by atoms with Crippen LogP contribution in [0.5, 0.6) is 0 Å². The molecule has 23 heavy (non-hydrogen) atoms. The number of hydrogen-bond donors (Lipinski definition) is 1. The Morgan fingerprint density at radius 2 is 2.09 bits per heavy atom. The van der Waals surface area contributed by atoms with Gasteiger partial charge in [-0.25, -0.2) is 19.1 Å². The normalized spacial score (nSPS) is 17.9. The zero-order valence-corrected chi connectivity index (χ0v) is 13.7. The lowest BCUT2D eigenvalue weighted by molar-refractivity contribution is -0.323. The molecule has 0 amide bonds. The van der Waals surface area contributed by atoms with Crippen LogP contribution in [0.2, 0.25) is 0 Å². The summed E-state index contributed by atoms with van der Waals surface area (Å²) in [5, 5.41) is 3.20. The van der Waals surface area contributed by atoms with Gasteiger partial charge in [-0.15, -0.1) is 11.8 Å². The summed E-state index contributed by atoms with van der Waals surface area (Å²) in [5.41, 5.74) is 1.53. The van der Waals surface area contributed by atoms with Crippen LogP contribution in [0.3, 0.4) is 0 Å². The van der Waals surface area contributed by atoms with E-state index in [-0.39, 0.29) is 5.82 Å². The van der Waals surface area contributed by atoms with Crippen molar-refractivity contribution in [3.63, 3.8) is 0 Å². The van der Waals surface area contributed by atoms with Crippen LogP contribution in [0.15, 0.2) is 41.3 Å². The first-order valence-corrected chi connectivity index (χ1v) is 8.77. The molecule has 1 fully saturated rings. The van der Waals surface area contributed by atoms with Crippen molar-refractivity contribution in [3.8, 4) is 11.3 Å². The minimum absolute atomic E-state index is 0.297. The zero-order valence-electron chi connectivity index (χ0n) is 12.9. The average Bonchev–Trinajstić information content (AvgIpc) is 2.60. The van der Waals surface area contributed by atoms with E-state index in [0.29, 0.717) is 37.2 Å². The molecule has 0 radical (unpaired) electrons. The molecule has 1 aromatic heterocycles. The first-order valence-electron chi connectivity index (χ1n) is 7.55. The molecule has 1 aliphatic rings. The molecule has 1 aliphatic heterocycles. The molecule has 0 aliphatic carbocycles. The standard InChI is InChI=1S/C17H19FN2O2S/c1-23-15-4-2-13(3-5-15)16-8-14(18)9-17(20-16)19-10-12-6-7-21-22-11-12/h2-5,8-9,12H,6-7,10-11H2,1H3,(H,19,20). The Bertz CT molecular complexity index is 646.